The van der Waals surface area contributed by atoms with Gasteiger partial charge in [-0.15, -0.1) is 0 Å². The molecule has 6 heteroatoms. The topological polar surface area (TPSA) is 52.0 Å². The lowest BCUT2D eigenvalue weighted by Crippen LogP contribution is -3.08. The van der Waals surface area contributed by atoms with E-state index in [4.69, 9.17) is 9.47 Å². The highest BCUT2D eigenvalue weighted by Gasteiger charge is 2.10. The first kappa shape index (κ1) is 17.3. The van der Waals surface area contributed by atoms with Gasteiger partial charge in [0.05, 0.1) is 20.7 Å². The highest BCUT2D eigenvalue weighted by atomic mass is 32.1. The number of methoxy groups -OCH3 is 1. The molecular weight excluding hydrogens is 312 g/mol. The maximum atomic E-state index is 11.9. The van der Waals surface area contributed by atoms with Gasteiger partial charge in [-0.25, -0.2) is 0 Å². The summed E-state index contributed by atoms with van der Waals surface area (Å²) < 4.78 is 10.8. The minimum absolute atomic E-state index is 0.0290. The smallest absolute Gasteiger partial charge is 0.275 e. The quantitative estimate of drug-likeness (QED) is 0.672. The van der Waals surface area contributed by atoms with Crippen LogP contribution in [0.25, 0.3) is 0 Å². The van der Waals surface area contributed by atoms with Crippen molar-refractivity contribution in [3.63, 3.8) is 0 Å². The third kappa shape index (κ3) is 5.92. The Morgan fingerprint density at radius 1 is 1.26 bits per heavy atom. The van der Waals surface area contributed by atoms with Crippen LogP contribution in [0.5, 0.6) is 11.5 Å². The summed E-state index contributed by atoms with van der Waals surface area (Å²) >= 11 is 1.68. The number of thiophene rings is 1. The largest absolute Gasteiger partial charge is 0.493 e. The standard InChI is InChI=1S/C17H22N2O3S/c1-19(11-14-7-10-23-13-14)12-17(20)18-8-9-22-16-6-4-3-5-15(16)21-2/h3-7,10,13H,8-9,11-12H2,1-2H3,(H,18,20)/p+1. The van der Waals surface area contributed by atoms with Crippen molar-refractivity contribution >= 4 is 17.2 Å². The predicted molar refractivity (Wildman–Crippen MR) is 91.3 cm³/mol. The molecule has 1 atom stereocenters. The Hall–Kier alpha value is -2.05. The molecule has 1 aromatic heterocycles. The van der Waals surface area contributed by atoms with E-state index in [1.165, 1.54) is 5.56 Å². The van der Waals surface area contributed by atoms with Gasteiger partial charge < -0.3 is 19.7 Å². The first-order valence-electron chi connectivity index (χ1n) is 7.54. The maximum absolute atomic E-state index is 11.9. The fraction of sp³-hybridized carbons (Fsp3) is 0.353. The van der Waals surface area contributed by atoms with Gasteiger partial charge in [0.2, 0.25) is 0 Å². The maximum Gasteiger partial charge on any atom is 0.275 e. The van der Waals surface area contributed by atoms with Crippen LogP contribution in [-0.4, -0.2) is 39.8 Å². The van der Waals surface area contributed by atoms with E-state index in [-0.39, 0.29) is 5.91 Å². The van der Waals surface area contributed by atoms with Crippen molar-refractivity contribution in [3.8, 4) is 11.5 Å². The number of rotatable bonds is 9. The lowest BCUT2D eigenvalue weighted by Gasteiger charge is -2.14. The SMILES string of the molecule is COc1ccccc1OCCNC(=O)C[NH+](C)Cc1ccsc1. The zero-order valence-corrected chi connectivity index (χ0v) is 14.3. The van der Waals surface area contributed by atoms with Crippen molar-refractivity contribution in [1.82, 2.24) is 5.32 Å². The number of nitrogens with one attached hydrogen (secondary N) is 2. The van der Waals surface area contributed by atoms with Crippen molar-refractivity contribution in [3.05, 3.63) is 46.7 Å². The minimum Gasteiger partial charge on any atom is -0.493 e. The van der Waals surface area contributed by atoms with E-state index in [1.54, 1.807) is 18.4 Å². The number of hydrogen-bond acceptors (Lipinski definition) is 4. The summed E-state index contributed by atoms with van der Waals surface area (Å²) in [6.07, 6.45) is 0. The lowest BCUT2D eigenvalue weighted by atomic mass is 10.3. The van der Waals surface area contributed by atoms with Crippen LogP contribution in [0.2, 0.25) is 0 Å². The molecule has 1 amide bonds. The van der Waals surface area contributed by atoms with Crippen molar-refractivity contribution < 1.29 is 19.2 Å². The highest BCUT2D eigenvalue weighted by Crippen LogP contribution is 2.25. The molecule has 2 aromatic rings. The molecule has 1 heterocycles. The molecule has 0 aliphatic carbocycles. The van der Waals surface area contributed by atoms with E-state index < -0.39 is 0 Å². The molecule has 1 aromatic carbocycles. The number of quaternary nitrogens is 1. The van der Waals surface area contributed by atoms with Gasteiger partial charge in [-0.05, 0) is 29.0 Å². The molecule has 0 aliphatic heterocycles. The number of ether oxygens (including phenoxy) is 2. The predicted octanol–water partition coefficient (Wildman–Crippen LogP) is 0.967. The molecule has 23 heavy (non-hydrogen) atoms. The highest BCUT2D eigenvalue weighted by molar-refractivity contribution is 7.07. The third-order valence-corrected chi connectivity index (χ3v) is 4.03. The Balaban J connectivity index is 1.64. The number of carbonyl (C=O) groups is 1. The van der Waals surface area contributed by atoms with E-state index in [0.717, 1.165) is 11.4 Å². The van der Waals surface area contributed by atoms with Gasteiger partial charge in [0.1, 0.15) is 13.2 Å². The fourth-order valence-corrected chi connectivity index (χ4v) is 2.90. The average Bonchev–Trinajstić information content (AvgIpc) is 3.04. The second-order valence-electron chi connectivity index (χ2n) is 5.29. The molecule has 2 rings (SSSR count). The first-order valence-corrected chi connectivity index (χ1v) is 8.48. The van der Waals surface area contributed by atoms with Gasteiger partial charge in [-0.3, -0.25) is 4.79 Å². The Kier molecular flexibility index (Phi) is 6.90. The zero-order valence-electron chi connectivity index (χ0n) is 13.5. The number of likely N-dealkylation sites (N-methyl/N-ethyl adjacent to an activating group) is 1. The Bertz CT molecular complexity index is 602. The second-order valence-corrected chi connectivity index (χ2v) is 6.07. The van der Waals surface area contributed by atoms with Gasteiger partial charge in [-0.2, -0.15) is 11.3 Å². The molecule has 2 N–H and O–H groups in total. The summed E-state index contributed by atoms with van der Waals surface area (Å²) in [6, 6.07) is 9.56. The molecule has 0 saturated heterocycles. The van der Waals surface area contributed by atoms with Crippen molar-refractivity contribution in [2.75, 3.05) is 33.9 Å². The molecule has 0 aliphatic rings. The van der Waals surface area contributed by atoms with Crippen molar-refractivity contribution in [1.29, 1.82) is 0 Å². The van der Waals surface area contributed by atoms with Crippen LogP contribution < -0.4 is 19.7 Å². The summed E-state index contributed by atoms with van der Waals surface area (Å²) in [4.78, 5) is 13.1. The van der Waals surface area contributed by atoms with Gasteiger partial charge in [0, 0.05) is 5.56 Å². The molecule has 0 fully saturated rings. The number of carbonyl (C=O) groups excluding carboxylic acids is 1. The van der Waals surface area contributed by atoms with Crippen LogP contribution in [-0.2, 0) is 11.3 Å². The number of amides is 1. The van der Waals surface area contributed by atoms with Gasteiger partial charge in [0.15, 0.2) is 18.0 Å². The van der Waals surface area contributed by atoms with Crippen LogP contribution in [0, 0.1) is 0 Å². The van der Waals surface area contributed by atoms with E-state index in [0.29, 0.717) is 31.2 Å². The first-order chi connectivity index (χ1) is 11.2. The van der Waals surface area contributed by atoms with Crippen LogP contribution in [0.15, 0.2) is 41.1 Å². The molecule has 0 saturated carbocycles. The lowest BCUT2D eigenvalue weighted by molar-refractivity contribution is -0.885. The normalized spacial score (nSPS) is 11.7. The minimum atomic E-state index is 0.0290. The monoisotopic (exact) mass is 335 g/mol. The van der Waals surface area contributed by atoms with Crippen molar-refractivity contribution in [2.24, 2.45) is 0 Å². The molecular formula is C17H23N2O3S+. The zero-order chi connectivity index (χ0) is 16.5. The summed E-state index contributed by atoms with van der Waals surface area (Å²) in [5.41, 5.74) is 1.26. The van der Waals surface area contributed by atoms with E-state index in [1.807, 2.05) is 31.3 Å². The number of hydrogen-bond donors (Lipinski definition) is 2. The van der Waals surface area contributed by atoms with Crippen LogP contribution in [0.1, 0.15) is 5.56 Å². The molecule has 0 bridgehead atoms. The van der Waals surface area contributed by atoms with E-state index in [2.05, 4.69) is 22.1 Å². The summed E-state index contributed by atoms with van der Waals surface area (Å²) in [7, 11) is 3.62. The molecule has 0 radical (unpaired) electrons. The summed E-state index contributed by atoms with van der Waals surface area (Å²) in [5.74, 6) is 1.41. The summed E-state index contributed by atoms with van der Waals surface area (Å²) in [6.45, 7) is 2.19. The third-order valence-electron chi connectivity index (χ3n) is 3.30. The number of benzene rings is 1. The molecule has 5 nitrogen and oxygen atoms in total. The van der Waals surface area contributed by atoms with E-state index >= 15 is 0 Å². The van der Waals surface area contributed by atoms with Gasteiger partial charge in [0.25, 0.3) is 5.91 Å². The van der Waals surface area contributed by atoms with E-state index in [9.17, 15) is 4.79 Å². The Morgan fingerprint density at radius 3 is 2.74 bits per heavy atom. The molecule has 124 valence electrons. The van der Waals surface area contributed by atoms with Crippen LogP contribution >= 0.6 is 11.3 Å². The fourth-order valence-electron chi connectivity index (χ4n) is 2.23. The Labute approximate surface area is 140 Å². The second kappa shape index (κ2) is 9.17. The Morgan fingerprint density at radius 2 is 2.04 bits per heavy atom. The van der Waals surface area contributed by atoms with Gasteiger partial charge in [-0.1, -0.05) is 12.1 Å². The summed E-state index contributed by atoms with van der Waals surface area (Å²) in [5, 5.41) is 7.04. The van der Waals surface area contributed by atoms with Crippen LogP contribution in [0.4, 0.5) is 0 Å². The van der Waals surface area contributed by atoms with Crippen LogP contribution in [0.3, 0.4) is 0 Å². The number of para-hydroxylation sites is 2. The average molecular weight is 335 g/mol. The van der Waals surface area contributed by atoms with Gasteiger partial charge >= 0.3 is 0 Å². The molecule has 1 unspecified atom stereocenters. The molecule has 0 spiro atoms. The van der Waals surface area contributed by atoms with Crippen molar-refractivity contribution in [2.45, 2.75) is 6.54 Å².